The fourth-order valence-corrected chi connectivity index (χ4v) is 2.31. The summed E-state index contributed by atoms with van der Waals surface area (Å²) in [5.74, 6) is -0.978. The van der Waals surface area contributed by atoms with Gasteiger partial charge in [-0.3, -0.25) is 9.59 Å². The molecule has 0 bridgehead atoms. The Balaban J connectivity index is 1.82. The zero-order chi connectivity index (χ0) is 16.7. The van der Waals surface area contributed by atoms with Crippen molar-refractivity contribution in [2.24, 2.45) is 5.10 Å². The fraction of sp³-hybridized carbons (Fsp3) is 0.0625. The number of para-hydroxylation sites is 1. The Bertz CT molecular complexity index is 750. The van der Waals surface area contributed by atoms with Gasteiger partial charge in [-0.05, 0) is 29.8 Å². The summed E-state index contributed by atoms with van der Waals surface area (Å²) in [5, 5.41) is 6.79. The molecular weight excluding hydrogens is 382 g/mol. The molecule has 0 unspecified atom stereocenters. The highest BCUT2D eigenvalue weighted by Gasteiger charge is 2.10. The predicted octanol–water partition coefficient (Wildman–Crippen LogP) is 3.58. The Hall–Kier alpha value is -2.18. The molecule has 0 aromatic heterocycles. The minimum absolute atomic E-state index is 0.346. The number of halogens is 2. The lowest BCUT2D eigenvalue weighted by atomic mass is 10.2. The Kier molecular flexibility index (Phi) is 6.31. The van der Waals surface area contributed by atoms with E-state index >= 15 is 0 Å². The predicted molar refractivity (Wildman–Crippen MR) is 94.6 cm³/mol. The highest BCUT2D eigenvalue weighted by atomic mass is 79.9. The maximum absolute atomic E-state index is 11.8. The SMILES string of the molecule is O=C(CC(=O)Nc1ccccc1Cl)NN=Cc1cccc(Br)c1. The molecule has 7 heteroatoms. The number of carbonyl (C=O) groups excluding carboxylic acids is 2. The van der Waals surface area contributed by atoms with Gasteiger partial charge in [0.1, 0.15) is 6.42 Å². The van der Waals surface area contributed by atoms with Crippen LogP contribution in [0.3, 0.4) is 0 Å². The van der Waals surface area contributed by atoms with Crippen LogP contribution in [0.1, 0.15) is 12.0 Å². The number of hydrogen-bond donors (Lipinski definition) is 2. The van der Waals surface area contributed by atoms with Crippen LogP contribution in [-0.4, -0.2) is 18.0 Å². The first-order chi connectivity index (χ1) is 11.0. The third-order valence-corrected chi connectivity index (χ3v) is 3.54. The second kappa shape index (κ2) is 8.45. The van der Waals surface area contributed by atoms with Crippen molar-refractivity contribution >= 4 is 51.2 Å². The third-order valence-electron chi connectivity index (χ3n) is 2.72. The highest BCUT2D eigenvalue weighted by molar-refractivity contribution is 9.10. The monoisotopic (exact) mass is 393 g/mol. The molecule has 0 spiro atoms. The Labute approximate surface area is 146 Å². The van der Waals surface area contributed by atoms with Crippen LogP contribution in [-0.2, 0) is 9.59 Å². The van der Waals surface area contributed by atoms with E-state index in [1.807, 2.05) is 24.3 Å². The summed E-state index contributed by atoms with van der Waals surface area (Å²) >= 11 is 9.27. The van der Waals surface area contributed by atoms with Gasteiger partial charge in [-0.1, -0.05) is 51.8 Å². The molecule has 0 heterocycles. The molecule has 0 aliphatic rings. The Morgan fingerprint density at radius 2 is 1.91 bits per heavy atom. The average Bonchev–Trinajstić information content (AvgIpc) is 2.49. The number of amides is 2. The van der Waals surface area contributed by atoms with Crippen molar-refractivity contribution in [1.29, 1.82) is 0 Å². The van der Waals surface area contributed by atoms with Gasteiger partial charge in [-0.2, -0.15) is 5.10 Å². The minimum atomic E-state index is -0.513. The number of hydrogen-bond acceptors (Lipinski definition) is 3. The molecule has 0 saturated carbocycles. The topological polar surface area (TPSA) is 70.6 Å². The van der Waals surface area contributed by atoms with Gasteiger partial charge < -0.3 is 5.32 Å². The van der Waals surface area contributed by atoms with E-state index in [4.69, 9.17) is 11.6 Å². The number of hydrazone groups is 1. The minimum Gasteiger partial charge on any atom is -0.324 e. The molecule has 118 valence electrons. The largest absolute Gasteiger partial charge is 0.324 e. The van der Waals surface area contributed by atoms with Crippen LogP contribution in [0.2, 0.25) is 5.02 Å². The van der Waals surface area contributed by atoms with Crippen LogP contribution < -0.4 is 10.7 Å². The third kappa shape index (κ3) is 5.84. The average molecular weight is 395 g/mol. The number of carbonyl (C=O) groups is 2. The van der Waals surface area contributed by atoms with E-state index < -0.39 is 11.8 Å². The number of rotatable bonds is 5. The zero-order valence-corrected chi connectivity index (χ0v) is 14.3. The molecule has 2 rings (SSSR count). The van der Waals surface area contributed by atoms with Crippen LogP contribution in [0.25, 0.3) is 0 Å². The number of nitrogens with zero attached hydrogens (tertiary/aromatic N) is 1. The summed E-state index contributed by atoms with van der Waals surface area (Å²) in [6.07, 6.45) is 1.15. The molecule has 23 heavy (non-hydrogen) atoms. The standard InChI is InChI=1S/C16H13BrClN3O2/c17-12-5-3-4-11(8-12)10-19-21-16(23)9-15(22)20-14-7-2-1-6-13(14)18/h1-8,10H,9H2,(H,20,22)(H,21,23). The van der Waals surface area contributed by atoms with E-state index in [0.29, 0.717) is 10.7 Å². The van der Waals surface area contributed by atoms with E-state index in [9.17, 15) is 9.59 Å². The Morgan fingerprint density at radius 1 is 1.13 bits per heavy atom. The van der Waals surface area contributed by atoms with Crippen LogP contribution in [0, 0.1) is 0 Å². The van der Waals surface area contributed by atoms with Crippen LogP contribution in [0.15, 0.2) is 58.1 Å². The highest BCUT2D eigenvalue weighted by Crippen LogP contribution is 2.20. The summed E-state index contributed by atoms with van der Waals surface area (Å²) in [7, 11) is 0. The molecule has 0 radical (unpaired) electrons. The molecule has 2 aromatic carbocycles. The first-order valence-electron chi connectivity index (χ1n) is 6.66. The van der Waals surface area contributed by atoms with Crippen molar-refractivity contribution in [1.82, 2.24) is 5.43 Å². The van der Waals surface area contributed by atoms with Gasteiger partial charge in [0.25, 0.3) is 0 Å². The van der Waals surface area contributed by atoms with E-state index in [0.717, 1.165) is 10.0 Å². The molecule has 0 aliphatic carbocycles. The van der Waals surface area contributed by atoms with Crippen molar-refractivity contribution < 1.29 is 9.59 Å². The lowest BCUT2D eigenvalue weighted by molar-refractivity contribution is -0.126. The van der Waals surface area contributed by atoms with Gasteiger partial charge in [-0.25, -0.2) is 5.43 Å². The van der Waals surface area contributed by atoms with Gasteiger partial charge in [-0.15, -0.1) is 0 Å². The quantitative estimate of drug-likeness (QED) is 0.462. The lowest BCUT2D eigenvalue weighted by Crippen LogP contribution is -2.24. The zero-order valence-electron chi connectivity index (χ0n) is 11.9. The van der Waals surface area contributed by atoms with Crippen molar-refractivity contribution in [3.8, 4) is 0 Å². The van der Waals surface area contributed by atoms with Crippen molar-refractivity contribution in [3.05, 3.63) is 63.6 Å². The van der Waals surface area contributed by atoms with Crippen molar-refractivity contribution in [2.75, 3.05) is 5.32 Å². The van der Waals surface area contributed by atoms with Gasteiger partial charge in [0.15, 0.2) is 0 Å². The normalized spacial score (nSPS) is 10.5. The summed E-state index contributed by atoms with van der Waals surface area (Å²) in [4.78, 5) is 23.4. The van der Waals surface area contributed by atoms with Gasteiger partial charge in [0.05, 0.1) is 16.9 Å². The first kappa shape index (κ1) is 17.2. The molecule has 2 N–H and O–H groups in total. The molecule has 0 fully saturated rings. The lowest BCUT2D eigenvalue weighted by Gasteiger charge is -2.06. The number of benzene rings is 2. The van der Waals surface area contributed by atoms with E-state index in [1.54, 1.807) is 24.3 Å². The fourth-order valence-electron chi connectivity index (χ4n) is 1.71. The smallest absolute Gasteiger partial charge is 0.249 e. The van der Waals surface area contributed by atoms with Gasteiger partial charge in [0.2, 0.25) is 11.8 Å². The molecule has 5 nitrogen and oxygen atoms in total. The maximum atomic E-state index is 11.8. The summed E-state index contributed by atoms with van der Waals surface area (Å²) in [6.45, 7) is 0. The number of anilines is 1. The van der Waals surface area contributed by atoms with E-state index in [1.165, 1.54) is 6.21 Å². The Morgan fingerprint density at radius 3 is 2.65 bits per heavy atom. The van der Waals surface area contributed by atoms with Crippen LogP contribution >= 0.6 is 27.5 Å². The van der Waals surface area contributed by atoms with Gasteiger partial charge in [0, 0.05) is 4.47 Å². The molecule has 0 saturated heterocycles. The summed E-state index contributed by atoms with van der Waals surface area (Å²) in [5.41, 5.74) is 3.59. The van der Waals surface area contributed by atoms with E-state index in [2.05, 4.69) is 31.8 Å². The van der Waals surface area contributed by atoms with Crippen LogP contribution in [0.5, 0.6) is 0 Å². The van der Waals surface area contributed by atoms with E-state index in [-0.39, 0.29) is 6.42 Å². The summed E-state index contributed by atoms with van der Waals surface area (Å²) < 4.78 is 0.909. The second-order valence-electron chi connectivity index (χ2n) is 4.55. The van der Waals surface area contributed by atoms with Gasteiger partial charge >= 0.3 is 0 Å². The molecule has 0 aliphatic heterocycles. The van der Waals surface area contributed by atoms with Crippen molar-refractivity contribution in [2.45, 2.75) is 6.42 Å². The number of nitrogens with one attached hydrogen (secondary N) is 2. The molecule has 2 amide bonds. The van der Waals surface area contributed by atoms with Crippen molar-refractivity contribution in [3.63, 3.8) is 0 Å². The molecule has 0 atom stereocenters. The van der Waals surface area contributed by atoms with Crippen LogP contribution in [0.4, 0.5) is 5.69 Å². The summed E-state index contributed by atoms with van der Waals surface area (Å²) in [6, 6.07) is 14.2. The maximum Gasteiger partial charge on any atom is 0.249 e. The molecular formula is C16H13BrClN3O2. The first-order valence-corrected chi connectivity index (χ1v) is 7.83. The second-order valence-corrected chi connectivity index (χ2v) is 5.88. The molecule has 2 aromatic rings.